The molecule has 1 aromatic carbocycles. The van der Waals surface area contributed by atoms with E-state index in [1.165, 1.54) is 19.1 Å². The van der Waals surface area contributed by atoms with E-state index in [2.05, 4.69) is 5.32 Å². The summed E-state index contributed by atoms with van der Waals surface area (Å²) in [6.45, 7) is 6.94. The molecule has 4 atom stereocenters. The van der Waals surface area contributed by atoms with Gasteiger partial charge >= 0.3 is 0 Å². The molecule has 0 aliphatic carbocycles. The second-order valence-corrected chi connectivity index (χ2v) is 6.97. The van der Waals surface area contributed by atoms with E-state index in [-0.39, 0.29) is 40.4 Å². The van der Waals surface area contributed by atoms with E-state index in [9.17, 15) is 24.9 Å². The molecule has 4 N–H and O–H groups in total. The van der Waals surface area contributed by atoms with E-state index in [1.54, 1.807) is 13.8 Å². The molecule has 25 heavy (non-hydrogen) atoms. The molecular formula is C19H25NO5. The lowest BCUT2D eigenvalue weighted by molar-refractivity contribution is -0.132. The number of rotatable bonds is 0. The summed E-state index contributed by atoms with van der Waals surface area (Å²) in [5.74, 6) is -2.86. The molecule has 0 saturated carbocycles. The average Bonchev–Trinajstić information content (AvgIpc) is 2.54. The van der Waals surface area contributed by atoms with Gasteiger partial charge in [0.15, 0.2) is 0 Å². The Labute approximate surface area is 147 Å². The number of hydrogen-bond donors (Lipinski definition) is 4. The highest BCUT2D eigenvalue weighted by atomic mass is 16.3. The fourth-order valence-electron chi connectivity index (χ4n) is 3.23. The summed E-state index contributed by atoms with van der Waals surface area (Å²) in [7, 11) is 0. The van der Waals surface area contributed by atoms with Crippen LogP contribution in [0.5, 0.6) is 11.5 Å². The summed E-state index contributed by atoms with van der Waals surface area (Å²) in [5, 5.41) is 33.3. The van der Waals surface area contributed by atoms with Gasteiger partial charge in [-0.05, 0) is 26.3 Å². The predicted molar refractivity (Wildman–Crippen MR) is 94.2 cm³/mol. The van der Waals surface area contributed by atoms with Crippen LogP contribution >= 0.6 is 0 Å². The lowest BCUT2D eigenvalue weighted by Crippen LogP contribution is -2.31. The van der Waals surface area contributed by atoms with Crippen LogP contribution < -0.4 is 5.32 Å². The largest absolute Gasteiger partial charge is 0.508 e. The Bertz CT molecular complexity index is 725. The van der Waals surface area contributed by atoms with Crippen molar-refractivity contribution in [3.05, 3.63) is 29.3 Å². The quantitative estimate of drug-likeness (QED) is 0.250. The maximum atomic E-state index is 12.5. The minimum Gasteiger partial charge on any atom is -0.508 e. The normalized spacial score (nSPS) is 30.4. The Kier molecular flexibility index (Phi) is 5.52. The number of aromatic hydroxyl groups is 2. The molecule has 0 saturated heterocycles. The topological polar surface area (TPSA) is 107 Å². The van der Waals surface area contributed by atoms with Crippen molar-refractivity contribution in [2.24, 2.45) is 17.8 Å². The zero-order valence-corrected chi connectivity index (χ0v) is 14.9. The molecule has 136 valence electrons. The van der Waals surface area contributed by atoms with Crippen molar-refractivity contribution in [2.45, 2.75) is 40.2 Å². The highest BCUT2D eigenvalue weighted by Gasteiger charge is 2.29. The van der Waals surface area contributed by atoms with Gasteiger partial charge in [0.25, 0.3) is 0 Å². The third-order valence-electron chi connectivity index (χ3n) is 4.68. The number of carbonyl (C=O) groups is 2. The van der Waals surface area contributed by atoms with Gasteiger partial charge in [-0.3, -0.25) is 9.59 Å². The highest BCUT2D eigenvalue weighted by molar-refractivity contribution is 6.08. The Balaban J connectivity index is 2.58. The van der Waals surface area contributed by atoms with E-state index in [1.807, 2.05) is 13.0 Å². The minimum absolute atomic E-state index is 0.0292. The second-order valence-electron chi connectivity index (χ2n) is 6.97. The minimum atomic E-state index is -1.07. The van der Waals surface area contributed by atoms with Crippen molar-refractivity contribution >= 4 is 17.4 Å². The van der Waals surface area contributed by atoms with E-state index in [0.717, 1.165) is 5.57 Å². The van der Waals surface area contributed by atoms with E-state index >= 15 is 0 Å². The summed E-state index contributed by atoms with van der Waals surface area (Å²) in [4.78, 5) is 24.8. The average molecular weight is 347 g/mol. The fourth-order valence-corrected chi connectivity index (χ4v) is 3.23. The number of amides is 1. The van der Waals surface area contributed by atoms with Crippen LogP contribution in [0.3, 0.4) is 0 Å². The smallest absolute Gasteiger partial charge is 0.234 e. The third kappa shape index (κ3) is 4.02. The van der Waals surface area contributed by atoms with Crippen molar-refractivity contribution in [2.75, 3.05) is 5.32 Å². The first-order chi connectivity index (χ1) is 11.6. The number of ketones is 1. The van der Waals surface area contributed by atoms with Crippen molar-refractivity contribution < 1.29 is 24.9 Å². The number of allylic oxidation sites excluding steroid dienone is 1. The molecule has 1 aliphatic rings. The maximum absolute atomic E-state index is 12.5. The van der Waals surface area contributed by atoms with E-state index < -0.39 is 17.9 Å². The van der Waals surface area contributed by atoms with Gasteiger partial charge in [-0.25, -0.2) is 0 Å². The number of Topliss-reactive ketones (excluding diaryl/α,β-unsaturated/α-hetero) is 1. The van der Waals surface area contributed by atoms with Gasteiger partial charge in [-0.2, -0.15) is 0 Å². The van der Waals surface area contributed by atoms with Crippen molar-refractivity contribution in [1.82, 2.24) is 0 Å². The van der Waals surface area contributed by atoms with Crippen LogP contribution in [0, 0.1) is 17.8 Å². The summed E-state index contributed by atoms with van der Waals surface area (Å²) in [6.07, 6.45) is 1.26. The molecule has 0 aromatic heterocycles. The molecule has 1 amide bonds. The number of phenols is 2. The van der Waals surface area contributed by atoms with Crippen molar-refractivity contribution in [3.8, 4) is 11.5 Å². The van der Waals surface area contributed by atoms with Crippen LogP contribution in [0.2, 0.25) is 0 Å². The summed E-state index contributed by atoms with van der Waals surface area (Å²) < 4.78 is 0. The van der Waals surface area contributed by atoms with Gasteiger partial charge in [0.05, 0.1) is 17.7 Å². The highest BCUT2D eigenvalue weighted by Crippen LogP contribution is 2.39. The monoisotopic (exact) mass is 347 g/mol. The molecule has 1 heterocycles. The Hall–Kier alpha value is -2.34. The number of aliphatic hydroxyl groups excluding tert-OH is 1. The summed E-state index contributed by atoms with van der Waals surface area (Å²) >= 11 is 0. The Morgan fingerprint density at radius 1 is 1.12 bits per heavy atom. The van der Waals surface area contributed by atoms with Crippen LogP contribution in [0.4, 0.5) is 5.69 Å². The number of phenolic OH excluding ortho intramolecular Hbond substituents is 2. The molecular weight excluding hydrogens is 322 g/mol. The molecule has 6 nitrogen and oxygen atoms in total. The number of anilines is 1. The lowest BCUT2D eigenvalue weighted by Gasteiger charge is -2.20. The van der Waals surface area contributed by atoms with E-state index in [0.29, 0.717) is 6.42 Å². The third-order valence-corrected chi connectivity index (χ3v) is 4.68. The van der Waals surface area contributed by atoms with Crippen LogP contribution in [0.25, 0.3) is 0 Å². The molecule has 2 rings (SSSR count). The maximum Gasteiger partial charge on any atom is 0.234 e. The molecule has 0 spiro atoms. The van der Waals surface area contributed by atoms with Crippen molar-refractivity contribution in [3.63, 3.8) is 0 Å². The van der Waals surface area contributed by atoms with Gasteiger partial charge < -0.3 is 20.6 Å². The zero-order chi connectivity index (χ0) is 18.9. The van der Waals surface area contributed by atoms with Crippen LogP contribution in [0.15, 0.2) is 23.8 Å². The predicted octanol–water partition coefficient (Wildman–Crippen LogP) is 2.90. The molecule has 1 aromatic rings. The van der Waals surface area contributed by atoms with Crippen LogP contribution in [0.1, 0.15) is 45.8 Å². The first-order valence-corrected chi connectivity index (χ1v) is 8.37. The lowest BCUT2D eigenvalue weighted by atomic mass is 9.88. The number of nitrogens with one attached hydrogen (secondary N) is 1. The fraction of sp³-hybridized carbons (Fsp3) is 0.474. The molecule has 6 heteroatoms. The summed E-state index contributed by atoms with van der Waals surface area (Å²) in [6, 6.07) is 2.46. The van der Waals surface area contributed by atoms with Crippen LogP contribution in [-0.4, -0.2) is 27.0 Å². The summed E-state index contributed by atoms with van der Waals surface area (Å²) in [5.41, 5.74) is 1.01. The zero-order valence-electron chi connectivity index (χ0n) is 14.9. The number of fused-ring (bicyclic) bond motifs is 2. The van der Waals surface area contributed by atoms with Gasteiger partial charge in [-0.15, -0.1) is 0 Å². The molecule has 2 bridgehead atoms. The molecule has 1 aliphatic heterocycles. The van der Waals surface area contributed by atoms with Gasteiger partial charge in [0, 0.05) is 23.5 Å². The van der Waals surface area contributed by atoms with Crippen LogP contribution in [-0.2, 0) is 9.59 Å². The number of benzene rings is 1. The van der Waals surface area contributed by atoms with Gasteiger partial charge in [-0.1, -0.05) is 25.5 Å². The van der Waals surface area contributed by atoms with Gasteiger partial charge in [0.2, 0.25) is 5.91 Å². The number of aliphatic hydroxyl groups is 1. The standard InChI is InChI=1S/C19H25NO5/c1-9-5-10(2)16(22)12(4)19(25)20-15-8-13(21)7-14(18(15)24)17(23)11(3)6-9/h6-8,10-12,17,21,23-24H,5H2,1-4H3,(H,20,25)/b9-6+/t10?,11-,12+,17+/m0/s1. The number of hydrogen-bond acceptors (Lipinski definition) is 5. The molecule has 1 unspecified atom stereocenters. The molecule has 0 fully saturated rings. The van der Waals surface area contributed by atoms with E-state index in [4.69, 9.17) is 0 Å². The first kappa shape index (κ1) is 19.0. The Morgan fingerprint density at radius 2 is 1.76 bits per heavy atom. The van der Waals surface area contributed by atoms with Gasteiger partial charge in [0.1, 0.15) is 17.3 Å². The first-order valence-electron chi connectivity index (χ1n) is 8.37. The SMILES string of the molecule is C/C1=C\[C@H](C)[C@@H](O)c2cc(O)cc(c2O)NC(=O)[C@H](C)C(=O)C(C)C1. The number of carbonyl (C=O) groups excluding carboxylic acids is 2. The Morgan fingerprint density at radius 3 is 2.40 bits per heavy atom. The van der Waals surface area contributed by atoms with Crippen molar-refractivity contribution in [1.29, 1.82) is 0 Å². The molecule has 0 radical (unpaired) electrons. The second kappa shape index (κ2) is 7.27.